The van der Waals surface area contributed by atoms with E-state index in [0.29, 0.717) is 23.1 Å². The highest BCUT2D eigenvalue weighted by atomic mass is 35.5. The molecule has 0 unspecified atom stereocenters. The maximum atomic E-state index is 12.8. The summed E-state index contributed by atoms with van der Waals surface area (Å²) in [6.45, 7) is 1.93. The van der Waals surface area contributed by atoms with Crippen molar-refractivity contribution in [1.29, 1.82) is 0 Å². The summed E-state index contributed by atoms with van der Waals surface area (Å²) in [5.41, 5.74) is 1.02. The molecule has 1 heterocycles. The molecular weight excluding hydrogens is 480 g/mol. The molecule has 0 aliphatic carbocycles. The summed E-state index contributed by atoms with van der Waals surface area (Å²) in [5.74, 6) is 0.200. The summed E-state index contributed by atoms with van der Waals surface area (Å²) in [7, 11) is -4.06. The number of rotatable bonds is 8. The summed E-state index contributed by atoms with van der Waals surface area (Å²) >= 11 is 5.91. The predicted octanol–water partition coefficient (Wildman–Crippen LogP) is 5.38. The molecule has 34 heavy (non-hydrogen) atoms. The Bertz CT molecular complexity index is 1430. The van der Waals surface area contributed by atoms with Crippen LogP contribution in [-0.4, -0.2) is 24.5 Å². The second-order valence-corrected chi connectivity index (χ2v) is 9.31. The van der Waals surface area contributed by atoms with E-state index in [0.717, 1.165) is 5.56 Å². The van der Waals surface area contributed by atoms with Crippen molar-refractivity contribution in [2.45, 2.75) is 18.4 Å². The highest BCUT2D eigenvalue weighted by Gasteiger charge is 2.21. The third-order valence-electron chi connectivity index (χ3n) is 4.89. The normalized spacial score (nSPS) is 11.2. The van der Waals surface area contributed by atoms with Crippen LogP contribution in [0, 0.1) is 6.92 Å². The fraction of sp³-hybridized carbons (Fsp3) is 0.0833. The zero-order valence-electron chi connectivity index (χ0n) is 17.9. The first-order valence-corrected chi connectivity index (χ1v) is 11.9. The Hall–Kier alpha value is -3.82. The molecule has 0 amide bonds. The zero-order chi connectivity index (χ0) is 24.3. The molecule has 0 bridgehead atoms. The van der Waals surface area contributed by atoms with Crippen LogP contribution in [-0.2, 0) is 16.6 Å². The molecule has 0 spiro atoms. The number of sulfonamides is 1. The van der Waals surface area contributed by atoms with Gasteiger partial charge in [-0.1, -0.05) is 35.9 Å². The molecule has 10 heteroatoms. The number of carbonyl (C=O) groups is 1. The molecule has 4 aromatic rings. The Morgan fingerprint density at radius 1 is 1.06 bits per heavy atom. The topological polar surface area (TPSA) is 119 Å². The lowest BCUT2D eigenvalue weighted by atomic mass is 10.2. The molecular formula is C24H19ClN2O6S. The number of oxazole rings is 1. The molecule has 1 aromatic heterocycles. The lowest BCUT2D eigenvalue weighted by Crippen LogP contribution is -2.15. The number of ether oxygens (including phenoxy) is 1. The maximum absolute atomic E-state index is 12.8. The number of hydrogen-bond acceptors (Lipinski definition) is 6. The first kappa shape index (κ1) is 23.3. The second kappa shape index (κ2) is 9.58. The van der Waals surface area contributed by atoms with Gasteiger partial charge in [-0.05, 0) is 55.5 Å². The summed E-state index contributed by atoms with van der Waals surface area (Å²) in [6.07, 6.45) is 0. The largest absolute Gasteiger partial charge is 0.487 e. The predicted molar refractivity (Wildman–Crippen MR) is 127 cm³/mol. The van der Waals surface area contributed by atoms with Crippen LogP contribution in [0.15, 0.2) is 82.1 Å². The fourth-order valence-electron chi connectivity index (χ4n) is 3.16. The Labute approximate surface area is 200 Å². The molecule has 174 valence electrons. The van der Waals surface area contributed by atoms with E-state index in [1.165, 1.54) is 42.5 Å². The van der Waals surface area contributed by atoms with E-state index in [9.17, 15) is 18.3 Å². The Balaban J connectivity index is 1.46. The smallest absolute Gasteiger partial charge is 0.339 e. The molecule has 0 atom stereocenters. The number of carboxylic acid groups (broad SMARTS) is 1. The van der Waals surface area contributed by atoms with Crippen LogP contribution < -0.4 is 9.46 Å². The number of halogens is 1. The van der Waals surface area contributed by atoms with E-state index in [1.807, 2.05) is 30.3 Å². The molecule has 0 radical (unpaired) electrons. The van der Waals surface area contributed by atoms with Gasteiger partial charge in [0.1, 0.15) is 29.4 Å². The van der Waals surface area contributed by atoms with E-state index in [1.54, 1.807) is 6.92 Å². The van der Waals surface area contributed by atoms with Crippen LogP contribution in [0.4, 0.5) is 5.69 Å². The van der Waals surface area contributed by atoms with Gasteiger partial charge in [0.15, 0.2) is 0 Å². The van der Waals surface area contributed by atoms with Crippen molar-refractivity contribution in [2.75, 3.05) is 4.72 Å². The van der Waals surface area contributed by atoms with Crippen molar-refractivity contribution in [1.82, 2.24) is 4.98 Å². The van der Waals surface area contributed by atoms with Crippen LogP contribution in [0.5, 0.6) is 5.75 Å². The lowest BCUT2D eigenvalue weighted by molar-refractivity contribution is 0.0698. The van der Waals surface area contributed by atoms with Gasteiger partial charge in [0.2, 0.25) is 5.89 Å². The highest BCUT2D eigenvalue weighted by Crippen LogP contribution is 2.28. The third kappa shape index (κ3) is 5.05. The number of anilines is 1. The van der Waals surface area contributed by atoms with Gasteiger partial charge in [-0.3, -0.25) is 4.72 Å². The maximum Gasteiger partial charge on any atom is 0.339 e. The van der Waals surface area contributed by atoms with Crippen molar-refractivity contribution in [3.63, 3.8) is 0 Å². The van der Waals surface area contributed by atoms with Gasteiger partial charge < -0.3 is 14.3 Å². The molecule has 0 aliphatic heterocycles. The van der Waals surface area contributed by atoms with Crippen LogP contribution in [0.1, 0.15) is 21.8 Å². The van der Waals surface area contributed by atoms with Crippen molar-refractivity contribution >= 4 is 33.3 Å². The van der Waals surface area contributed by atoms with E-state index in [2.05, 4.69) is 9.71 Å². The highest BCUT2D eigenvalue weighted by molar-refractivity contribution is 7.92. The van der Waals surface area contributed by atoms with Crippen molar-refractivity contribution in [3.05, 3.63) is 94.8 Å². The van der Waals surface area contributed by atoms with Gasteiger partial charge in [0, 0.05) is 5.56 Å². The number of aromatic nitrogens is 1. The summed E-state index contributed by atoms with van der Waals surface area (Å²) in [4.78, 5) is 15.9. The van der Waals surface area contributed by atoms with Crippen LogP contribution >= 0.6 is 11.6 Å². The van der Waals surface area contributed by atoms with E-state index in [-0.39, 0.29) is 27.8 Å². The Morgan fingerprint density at radius 3 is 2.44 bits per heavy atom. The van der Waals surface area contributed by atoms with Gasteiger partial charge in [-0.25, -0.2) is 18.2 Å². The number of nitrogens with one attached hydrogen (secondary N) is 1. The van der Waals surface area contributed by atoms with Gasteiger partial charge in [0.05, 0.1) is 15.6 Å². The first-order valence-electron chi connectivity index (χ1n) is 10.0. The summed E-state index contributed by atoms with van der Waals surface area (Å²) in [5, 5.41) is 9.27. The summed E-state index contributed by atoms with van der Waals surface area (Å²) < 4.78 is 39.2. The molecule has 2 N–H and O–H groups in total. The third-order valence-corrected chi connectivity index (χ3v) is 6.59. The van der Waals surface area contributed by atoms with Gasteiger partial charge >= 0.3 is 5.97 Å². The molecule has 8 nitrogen and oxygen atoms in total. The van der Waals surface area contributed by atoms with Gasteiger partial charge in [-0.15, -0.1) is 0 Å². The number of benzene rings is 3. The number of carboxylic acids is 1. The number of nitrogens with zero attached hydrogens (tertiary/aromatic N) is 1. The average molecular weight is 499 g/mol. The van der Waals surface area contributed by atoms with Crippen molar-refractivity contribution in [3.8, 4) is 17.2 Å². The lowest BCUT2D eigenvalue weighted by Gasteiger charge is -2.12. The van der Waals surface area contributed by atoms with Crippen LogP contribution in [0.2, 0.25) is 5.02 Å². The monoisotopic (exact) mass is 498 g/mol. The van der Waals surface area contributed by atoms with E-state index >= 15 is 0 Å². The quantitative estimate of drug-likeness (QED) is 0.334. The second-order valence-electron chi connectivity index (χ2n) is 7.22. The van der Waals surface area contributed by atoms with Gasteiger partial charge in [-0.2, -0.15) is 0 Å². The Kier molecular flexibility index (Phi) is 6.58. The van der Waals surface area contributed by atoms with Crippen LogP contribution in [0.3, 0.4) is 0 Å². The van der Waals surface area contributed by atoms with Crippen LogP contribution in [0.25, 0.3) is 11.5 Å². The molecule has 4 rings (SSSR count). The van der Waals surface area contributed by atoms with E-state index < -0.39 is 16.0 Å². The standard InChI is InChI=1S/C24H19ClN2O6S/c1-15-21(26-23(33-15)16-6-3-2-4-7-16)14-32-17-10-12-18(13-11-17)34(30,31)27-20-9-5-8-19(25)22(20)24(28)29/h2-13,27H,14H2,1H3,(H,28,29). The van der Waals surface area contributed by atoms with Crippen molar-refractivity contribution in [2.24, 2.45) is 0 Å². The summed E-state index contributed by atoms with van der Waals surface area (Å²) in [6, 6.07) is 19.3. The number of hydrogen-bond donors (Lipinski definition) is 2. The van der Waals surface area contributed by atoms with E-state index in [4.69, 9.17) is 20.8 Å². The SMILES string of the molecule is Cc1oc(-c2ccccc2)nc1COc1ccc(S(=O)(=O)Nc2cccc(Cl)c2C(=O)O)cc1. The fourth-order valence-corrected chi connectivity index (χ4v) is 4.49. The van der Waals surface area contributed by atoms with Gasteiger partial charge in [0.25, 0.3) is 10.0 Å². The molecule has 0 saturated carbocycles. The van der Waals surface area contributed by atoms with Crippen molar-refractivity contribution < 1.29 is 27.5 Å². The number of aromatic carboxylic acids is 1. The Morgan fingerprint density at radius 2 is 1.76 bits per heavy atom. The molecule has 0 aliphatic rings. The molecule has 0 fully saturated rings. The zero-order valence-corrected chi connectivity index (χ0v) is 19.4. The minimum atomic E-state index is -4.06. The molecule has 0 saturated heterocycles. The molecule has 3 aromatic carbocycles. The first-order chi connectivity index (χ1) is 16.2. The number of aryl methyl sites for hydroxylation is 1. The average Bonchev–Trinajstić information content (AvgIpc) is 3.18. The minimum Gasteiger partial charge on any atom is -0.487 e. The minimum absolute atomic E-state index is 0.0693.